The van der Waals surface area contributed by atoms with Gasteiger partial charge in [0.1, 0.15) is 0 Å². The molecule has 0 rings (SSSR count). The van der Waals surface area contributed by atoms with Crippen molar-refractivity contribution in [3.8, 4) is 0 Å². The molecule has 0 spiro atoms. The molecule has 4 heteroatoms. The van der Waals surface area contributed by atoms with Crippen LogP contribution in [-0.2, 0) is 0 Å². The summed E-state index contributed by atoms with van der Waals surface area (Å²) in [6.07, 6.45) is 0. The van der Waals surface area contributed by atoms with Gasteiger partial charge in [-0.25, -0.2) is 0 Å². The van der Waals surface area contributed by atoms with Crippen LogP contribution in [0.3, 0.4) is 0 Å². The Balaban J connectivity index is 3.62. The summed E-state index contributed by atoms with van der Waals surface area (Å²) in [7, 11) is 1.72. The first kappa shape index (κ1) is 8.84. The van der Waals surface area contributed by atoms with Gasteiger partial charge in [0.25, 0.3) is 0 Å². The van der Waals surface area contributed by atoms with Crippen molar-refractivity contribution in [3.63, 3.8) is 0 Å². The van der Waals surface area contributed by atoms with Gasteiger partial charge in [-0.05, 0) is 7.05 Å². The Kier molecular flexibility index (Phi) is 3.72. The van der Waals surface area contributed by atoms with Gasteiger partial charge in [-0.15, -0.1) is 0 Å². The van der Waals surface area contributed by atoms with Gasteiger partial charge in [0, 0.05) is 6.54 Å². The lowest BCUT2D eigenvalue weighted by atomic mass is 10.0. The van der Waals surface area contributed by atoms with Crippen LogP contribution in [0.4, 0.5) is 0 Å². The molecule has 0 saturated carbocycles. The molecule has 0 amide bonds. The lowest BCUT2D eigenvalue weighted by molar-refractivity contribution is 0.121. The van der Waals surface area contributed by atoms with Crippen LogP contribution in [0, 0.1) is 0 Å². The Hall–Kier alpha value is -0.160. The molecule has 0 fully saturated rings. The summed E-state index contributed by atoms with van der Waals surface area (Å²) >= 11 is 0. The van der Waals surface area contributed by atoms with Crippen LogP contribution < -0.4 is 11.1 Å². The molecule has 0 saturated heterocycles. The van der Waals surface area contributed by atoms with Crippen LogP contribution in [0.1, 0.15) is 0 Å². The number of aliphatic hydroxyl groups excluding tert-OH is 2. The summed E-state index contributed by atoms with van der Waals surface area (Å²) < 4.78 is 0. The zero-order valence-corrected chi connectivity index (χ0v) is 5.59. The molecule has 0 heterocycles. The van der Waals surface area contributed by atoms with Crippen LogP contribution in [-0.4, -0.2) is 42.6 Å². The summed E-state index contributed by atoms with van der Waals surface area (Å²) in [6, 6.07) is 0. The highest BCUT2D eigenvalue weighted by Gasteiger charge is 2.20. The molecule has 56 valence electrons. The topological polar surface area (TPSA) is 78.5 Å². The van der Waals surface area contributed by atoms with Crippen molar-refractivity contribution in [1.29, 1.82) is 0 Å². The van der Waals surface area contributed by atoms with E-state index in [1.54, 1.807) is 7.05 Å². The fraction of sp³-hybridized carbons (Fsp3) is 1.00. The largest absolute Gasteiger partial charge is 0.394 e. The van der Waals surface area contributed by atoms with Crippen molar-refractivity contribution in [2.24, 2.45) is 5.73 Å². The molecular weight excluding hydrogens is 120 g/mol. The van der Waals surface area contributed by atoms with Crippen LogP contribution in [0.5, 0.6) is 0 Å². The molecule has 0 aromatic rings. The van der Waals surface area contributed by atoms with E-state index in [4.69, 9.17) is 15.9 Å². The summed E-state index contributed by atoms with van der Waals surface area (Å²) in [5.41, 5.74) is 4.58. The SMILES string of the molecule is CNCC(N)(CO)CO. The second-order valence-corrected chi connectivity index (χ2v) is 2.21. The van der Waals surface area contributed by atoms with Crippen molar-refractivity contribution in [1.82, 2.24) is 5.32 Å². The Morgan fingerprint density at radius 1 is 1.44 bits per heavy atom. The van der Waals surface area contributed by atoms with E-state index in [0.717, 1.165) is 0 Å². The van der Waals surface area contributed by atoms with Gasteiger partial charge in [0.15, 0.2) is 0 Å². The molecule has 0 aliphatic carbocycles. The maximum atomic E-state index is 8.59. The number of hydrogen-bond donors (Lipinski definition) is 4. The summed E-state index contributed by atoms with van der Waals surface area (Å²) in [5.74, 6) is 0. The smallest absolute Gasteiger partial charge is 0.0749 e. The van der Waals surface area contributed by atoms with E-state index in [1.165, 1.54) is 0 Å². The van der Waals surface area contributed by atoms with Gasteiger partial charge in [0.05, 0.1) is 18.8 Å². The Morgan fingerprint density at radius 2 is 1.89 bits per heavy atom. The predicted molar refractivity (Wildman–Crippen MR) is 35.0 cm³/mol. The number of likely N-dealkylation sites (N-methyl/N-ethyl adjacent to an activating group) is 1. The third-order valence-electron chi connectivity index (χ3n) is 1.16. The van der Waals surface area contributed by atoms with Crippen molar-refractivity contribution in [2.75, 3.05) is 26.8 Å². The third kappa shape index (κ3) is 2.76. The monoisotopic (exact) mass is 134 g/mol. The van der Waals surface area contributed by atoms with Gasteiger partial charge < -0.3 is 21.3 Å². The van der Waals surface area contributed by atoms with Crippen LogP contribution >= 0.6 is 0 Å². The zero-order chi connectivity index (χ0) is 7.33. The summed E-state index contributed by atoms with van der Waals surface area (Å²) in [4.78, 5) is 0. The molecule has 0 aliphatic heterocycles. The van der Waals surface area contributed by atoms with Gasteiger partial charge in [-0.1, -0.05) is 0 Å². The lowest BCUT2D eigenvalue weighted by Crippen LogP contribution is -2.54. The van der Waals surface area contributed by atoms with Crippen LogP contribution in [0.15, 0.2) is 0 Å². The Bertz CT molecular complexity index is 73.4. The standard InChI is InChI=1S/C5H14N2O2/c1-7-2-5(6,3-8)4-9/h7-9H,2-4,6H2,1H3. The maximum Gasteiger partial charge on any atom is 0.0749 e. The third-order valence-corrected chi connectivity index (χ3v) is 1.16. The Morgan fingerprint density at radius 3 is 2.00 bits per heavy atom. The summed E-state index contributed by atoms with van der Waals surface area (Å²) in [6.45, 7) is 0.00861. The predicted octanol–water partition coefficient (Wildman–Crippen LogP) is -2.11. The Labute approximate surface area is 54.7 Å². The van der Waals surface area contributed by atoms with Gasteiger partial charge >= 0.3 is 0 Å². The highest BCUT2D eigenvalue weighted by molar-refractivity contribution is 4.83. The summed E-state index contributed by atoms with van der Waals surface area (Å²) in [5, 5.41) is 19.9. The molecule has 0 aromatic carbocycles. The number of nitrogens with one attached hydrogen (secondary N) is 1. The van der Waals surface area contributed by atoms with E-state index in [9.17, 15) is 0 Å². The quantitative estimate of drug-likeness (QED) is 0.355. The van der Waals surface area contributed by atoms with E-state index in [-0.39, 0.29) is 13.2 Å². The minimum Gasteiger partial charge on any atom is -0.394 e. The molecule has 0 radical (unpaired) electrons. The molecule has 0 atom stereocenters. The number of nitrogens with two attached hydrogens (primary N) is 1. The van der Waals surface area contributed by atoms with Crippen molar-refractivity contribution >= 4 is 0 Å². The first-order chi connectivity index (χ1) is 4.18. The first-order valence-corrected chi connectivity index (χ1v) is 2.84. The van der Waals surface area contributed by atoms with E-state index in [0.29, 0.717) is 6.54 Å². The highest BCUT2D eigenvalue weighted by Crippen LogP contribution is 1.93. The molecule has 0 unspecified atom stereocenters. The minimum atomic E-state index is -0.866. The van der Waals surface area contributed by atoms with Crippen LogP contribution in [0.2, 0.25) is 0 Å². The number of rotatable bonds is 4. The van der Waals surface area contributed by atoms with Crippen molar-refractivity contribution in [2.45, 2.75) is 5.54 Å². The van der Waals surface area contributed by atoms with Crippen molar-refractivity contribution < 1.29 is 10.2 Å². The fourth-order valence-corrected chi connectivity index (χ4v) is 0.514. The minimum absolute atomic E-state index is 0.204. The van der Waals surface area contributed by atoms with E-state index < -0.39 is 5.54 Å². The van der Waals surface area contributed by atoms with E-state index in [1.807, 2.05) is 0 Å². The molecule has 5 N–H and O–H groups in total. The van der Waals surface area contributed by atoms with Gasteiger partial charge in [-0.2, -0.15) is 0 Å². The molecule has 4 nitrogen and oxygen atoms in total. The van der Waals surface area contributed by atoms with E-state index in [2.05, 4.69) is 5.32 Å². The molecular formula is C5H14N2O2. The fourth-order valence-electron chi connectivity index (χ4n) is 0.514. The first-order valence-electron chi connectivity index (χ1n) is 2.84. The molecule has 9 heavy (non-hydrogen) atoms. The van der Waals surface area contributed by atoms with E-state index >= 15 is 0 Å². The molecule has 0 bridgehead atoms. The lowest BCUT2D eigenvalue weighted by Gasteiger charge is -2.23. The second-order valence-electron chi connectivity index (χ2n) is 2.21. The average Bonchev–Trinajstić information content (AvgIpc) is 1.89. The molecule has 0 aliphatic rings. The van der Waals surface area contributed by atoms with Crippen molar-refractivity contribution in [3.05, 3.63) is 0 Å². The highest BCUT2D eigenvalue weighted by atomic mass is 16.3. The van der Waals surface area contributed by atoms with Gasteiger partial charge in [0.2, 0.25) is 0 Å². The molecule has 0 aromatic heterocycles. The zero-order valence-electron chi connectivity index (χ0n) is 5.59. The number of hydrogen-bond acceptors (Lipinski definition) is 4. The normalized spacial score (nSPS) is 12.0. The van der Waals surface area contributed by atoms with Crippen LogP contribution in [0.25, 0.3) is 0 Å². The second kappa shape index (κ2) is 3.79. The number of aliphatic hydroxyl groups is 2. The average molecular weight is 134 g/mol. The van der Waals surface area contributed by atoms with Gasteiger partial charge in [-0.3, -0.25) is 0 Å². The maximum absolute atomic E-state index is 8.59.